The highest BCUT2D eigenvalue weighted by Gasteiger charge is 2.20. The molecule has 0 spiro atoms. The predicted octanol–water partition coefficient (Wildman–Crippen LogP) is 5.03. The summed E-state index contributed by atoms with van der Waals surface area (Å²) in [7, 11) is 0. The van der Waals surface area contributed by atoms with E-state index in [1.54, 1.807) is 13.0 Å². The van der Waals surface area contributed by atoms with E-state index in [1.165, 1.54) is 22.2 Å². The van der Waals surface area contributed by atoms with Crippen LogP contribution in [0, 0.1) is 13.8 Å². The van der Waals surface area contributed by atoms with Gasteiger partial charge in [0.15, 0.2) is 0 Å². The number of thiophene rings is 1. The Bertz CT molecular complexity index is 1280. The number of benzene rings is 2. The molecule has 4 aromatic rings. The highest BCUT2D eigenvalue weighted by Crippen LogP contribution is 2.28. The number of anilines is 1. The van der Waals surface area contributed by atoms with Crippen molar-refractivity contribution >= 4 is 44.7 Å². The molecular weight excluding hydrogens is 406 g/mol. The van der Waals surface area contributed by atoms with E-state index in [4.69, 9.17) is 11.6 Å². The molecule has 29 heavy (non-hydrogen) atoms. The van der Waals surface area contributed by atoms with Gasteiger partial charge in [-0.05, 0) is 43.2 Å². The lowest BCUT2D eigenvalue weighted by atomic mass is 10.2. The van der Waals surface area contributed by atoms with Crippen LogP contribution in [0.2, 0.25) is 5.02 Å². The number of aryl methyl sites for hydroxylation is 2. The molecule has 146 valence electrons. The largest absolute Gasteiger partial charge is 0.321 e. The van der Waals surface area contributed by atoms with Crippen LogP contribution >= 0.6 is 22.9 Å². The Balaban J connectivity index is 1.69. The van der Waals surface area contributed by atoms with E-state index in [0.29, 0.717) is 37.9 Å². The van der Waals surface area contributed by atoms with Crippen molar-refractivity contribution in [3.05, 3.63) is 91.8 Å². The van der Waals surface area contributed by atoms with Gasteiger partial charge in [0.2, 0.25) is 0 Å². The molecule has 2 aromatic heterocycles. The zero-order valence-corrected chi connectivity index (χ0v) is 17.5. The first-order valence-electron chi connectivity index (χ1n) is 9.04. The fraction of sp³-hybridized carbons (Fsp3) is 0.136. The molecule has 2 aromatic carbocycles. The third-order valence-electron chi connectivity index (χ3n) is 4.73. The first kappa shape index (κ1) is 19.4. The number of rotatable bonds is 4. The number of hydrogen-bond acceptors (Lipinski definition) is 4. The van der Waals surface area contributed by atoms with Gasteiger partial charge in [0, 0.05) is 10.7 Å². The number of amides is 1. The lowest BCUT2D eigenvalue weighted by molar-refractivity contribution is 0.103. The minimum absolute atomic E-state index is 0.182. The van der Waals surface area contributed by atoms with Crippen molar-refractivity contribution in [1.29, 1.82) is 0 Å². The fourth-order valence-electron chi connectivity index (χ4n) is 3.12. The molecule has 0 unspecified atom stereocenters. The molecule has 0 saturated heterocycles. The maximum Gasteiger partial charge on any atom is 0.266 e. The van der Waals surface area contributed by atoms with Crippen LogP contribution in [0.15, 0.2) is 59.7 Å². The maximum atomic E-state index is 13.1. The Morgan fingerprint density at radius 2 is 1.86 bits per heavy atom. The first-order chi connectivity index (χ1) is 13.9. The van der Waals surface area contributed by atoms with Crippen molar-refractivity contribution in [2.45, 2.75) is 20.4 Å². The van der Waals surface area contributed by atoms with Crippen LogP contribution in [0.1, 0.15) is 26.4 Å². The number of fused-ring (bicyclic) bond motifs is 1. The number of nitrogens with zero attached hydrogens (tertiary/aromatic N) is 2. The summed E-state index contributed by atoms with van der Waals surface area (Å²) < 4.78 is 1.52. The zero-order valence-electron chi connectivity index (χ0n) is 15.9. The van der Waals surface area contributed by atoms with Crippen molar-refractivity contribution in [3.8, 4) is 0 Å². The summed E-state index contributed by atoms with van der Waals surface area (Å²) in [5.74, 6) is -0.244. The van der Waals surface area contributed by atoms with Gasteiger partial charge in [0.05, 0.1) is 23.1 Å². The molecule has 0 atom stereocenters. The monoisotopic (exact) mass is 423 g/mol. The quantitative estimate of drug-likeness (QED) is 0.500. The number of nitrogens with one attached hydrogen (secondary N) is 1. The summed E-state index contributed by atoms with van der Waals surface area (Å²) >= 11 is 7.45. The summed E-state index contributed by atoms with van der Waals surface area (Å²) in [5, 5.41) is 3.95. The van der Waals surface area contributed by atoms with Crippen LogP contribution in [0.3, 0.4) is 0 Å². The average molecular weight is 424 g/mol. The predicted molar refractivity (Wildman–Crippen MR) is 118 cm³/mol. The van der Waals surface area contributed by atoms with E-state index in [9.17, 15) is 9.59 Å². The van der Waals surface area contributed by atoms with Crippen LogP contribution in [0.4, 0.5) is 5.69 Å². The summed E-state index contributed by atoms with van der Waals surface area (Å²) in [6, 6.07) is 15.0. The average Bonchev–Trinajstić information content (AvgIpc) is 3.05. The summed E-state index contributed by atoms with van der Waals surface area (Å²) in [4.78, 5) is 31.3. The van der Waals surface area contributed by atoms with Crippen molar-refractivity contribution in [2.75, 3.05) is 5.32 Å². The lowest BCUT2D eigenvalue weighted by Gasteiger charge is -2.07. The van der Waals surface area contributed by atoms with Gasteiger partial charge < -0.3 is 5.32 Å². The van der Waals surface area contributed by atoms with Crippen LogP contribution in [0.25, 0.3) is 10.2 Å². The van der Waals surface area contributed by atoms with Crippen LogP contribution in [-0.2, 0) is 6.54 Å². The van der Waals surface area contributed by atoms with E-state index in [2.05, 4.69) is 10.3 Å². The molecule has 5 nitrogen and oxygen atoms in total. The summed E-state index contributed by atoms with van der Waals surface area (Å²) in [6.07, 6.45) is 1.51. The second-order valence-electron chi connectivity index (χ2n) is 6.83. The van der Waals surface area contributed by atoms with Gasteiger partial charge in [-0.2, -0.15) is 0 Å². The van der Waals surface area contributed by atoms with Crippen LogP contribution in [-0.4, -0.2) is 15.5 Å². The molecule has 0 aliphatic heterocycles. The van der Waals surface area contributed by atoms with Gasteiger partial charge in [0.1, 0.15) is 4.83 Å². The molecule has 1 amide bonds. The van der Waals surface area contributed by atoms with E-state index < -0.39 is 0 Å². The summed E-state index contributed by atoms with van der Waals surface area (Å²) in [5.41, 5.74) is 3.12. The molecule has 0 radical (unpaired) electrons. The van der Waals surface area contributed by atoms with E-state index in [0.717, 1.165) is 11.1 Å². The number of carbonyl (C=O) groups is 1. The van der Waals surface area contributed by atoms with E-state index >= 15 is 0 Å². The molecule has 0 saturated carbocycles. The Hall–Kier alpha value is -2.96. The van der Waals surface area contributed by atoms with Crippen molar-refractivity contribution in [3.63, 3.8) is 0 Å². The molecule has 0 aliphatic carbocycles. The molecule has 0 bridgehead atoms. The number of aromatic nitrogens is 2. The standard InChI is InChI=1S/C22H18ClN3O2S/c1-13-7-9-16(10-8-13)25-20(27)19-14(2)18-21(29-19)24-12-26(22(18)28)11-15-5-3-4-6-17(15)23/h3-10,12H,11H2,1-2H3,(H,25,27). The zero-order chi connectivity index (χ0) is 20.5. The van der Waals surface area contributed by atoms with Crippen molar-refractivity contribution in [1.82, 2.24) is 9.55 Å². The van der Waals surface area contributed by atoms with Gasteiger partial charge >= 0.3 is 0 Å². The van der Waals surface area contributed by atoms with Crippen LogP contribution in [0.5, 0.6) is 0 Å². The topological polar surface area (TPSA) is 64.0 Å². The Morgan fingerprint density at radius 1 is 1.14 bits per heavy atom. The van der Waals surface area contributed by atoms with E-state index in [-0.39, 0.29) is 11.5 Å². The van der Waals surface area contributed by atoms with Crippen molar-refractivity contribution < 1.29 is 4.79 Å². The third-order valence-corrected chi connectivity index (χ3v) is 6.30. The second kappa shape index (κ2) is 7.81. The van der Waals surface area contributed by atoms with Crippen molar-refractivity contribution in [2.24, 2.45) is 0 Å². The molecular formula is C22H18ClN3O2S. The third kappa shape index (κ3) is 3.81. The van der Waals surface area contributed by atoms with Gasteiger partial charge in [-0.1, -0.05) is 47.5 Å². The molecule has 7 heteroatoms. The first-order valence-corrected chi connectivity index (χ1v) is 10.2. The van der Waals surface area contributed by atoms with Gasteiger partial charge in [0.25, 0.3) is 11.5 Å². The molecule has 1 N–H and O–H groups in total. The molecule has 0 aliphatic rings. The highest BCUT2D eigenvalue weighted by atomic mass is 35.5. The molecule has 0 fully saturated rings. The lowest BCUT2D eigenvalue weighted by Crippen LogP contribution is -2.21. The Labute approximate surface area is 176 Å². The second-order valence-corrected chi connectivity index (χ2v) is 8.23. The normalized spacial score (nSPS) is 11.0. The summed E-state index contributed by atoms with van der Waals surface area (Å²) in [6.45, 7) is 4.09. The minimum atomic E-state index is -0.244. The van der Waals surface area contributed by atoms with Crippen LogP contribution < -0.4 is 10.9 Å². The molecule has 2 heterocycles. The fourth-order valence-corrected chi connectivity index (χ4v) is 4.35. The highest BCUT2D eigenvalue weighted by molar-refractivity contribution is 7.20. The Morgan fingerprint density at radius 3 is 2.59 bits per heavy atom. The van der Waals surface area contributed by atoms with Gasteiger partial charge in [-0.25, -0.2) is 4.98 Å². The van der Waals surface area contributed by atoms with E-state index in [1.807, 2.05) is 49.4 Å². The maximum absolute atomic E-state index is 13.1. The number of halogens is 1. The smallest absolute Gasteiger partial charge is 0.266 e. The van der Waals surface area contributed by atoms with Gasteiger partial charge in [-0.15, -0.1) is 11.3 Å². The molecule has 4 rings (SSSR count). The SMILES string of the molecule is Cc1ccc(NC(=O)c2sc3ncn(Cc4ccccc4Cl)c(=O)c3c2C)cc1. The minimum Gasteiger partial charge on any atom is -0.321 e. The van der Waals surface area contributed by atoms with Gasteiger partial charge in [-0.3, -0.25) is 14.2 Å². The Kier molecular flexibility index (Phi) is 5.22. The number of hydrogen-bond donors (Lipinski definition) is 1. The number of carbonyl (C=O) groups excluding carboxylic acids is 1.